The third kappa shape index (κ3) is 12.7. The van der Waals surface area contributed by atoms with Gasteiger partial charge >= 0.3 is 0 Å². The molecular formula is C22H42O. The van der Waals surface area contributed by atoms with Gasteiger partial charge in [-0.1, -0.05) is 103 Å². The van der Waals surface area contributed by atoms with E-state index in [1.807, 2.05) is 0 Å². The van der Waals surface area contributed by atoms with Gasteiger partial charge in [0.05, 0.1) is 0 Å². The van der Waals surface area contributed by atoms with Gasteiger partial charge in [0.15, 0.2) is 0 Å². The highest BCUT2D eigenvalue weighted by molar-refractivity contribution is 5.78. The van der Waals surface area contributed by atoms with Gasteiger partial charge < -0.3 is 0 Å². The fourth-order valence-corrected chi connectivity index (χ4v) is 3.92. The zero-order valence-corrected chi connectivity index (χ0v) is 15.9. The van der Waals surface area contributed by atoms with E-state index in [0.717, 1.165) is 18.8 Å². The molecule has 0 spiro atoms. The van der Waals surface area contributed by atoms with Crippen LogP contribution in [0.3, 0.4) is 0 Å². The lowest BCUT2D eigenvalue weighted by Crippen LogP contribution is -2.13. The molecule has 1 saturated carbocycles. The lowest BCUT2D eigenvalue weighted by molar-refractivity contribution is -0.121. The minimum absolute atomic E-state index is 0.502. The molecule has 0 heterocycles. The summed E-state index contributed by atoms with van der Waals surface area (Å²) in [6.07, 6.45) is 25.6. The van der Waals surface area contributed by atoms with Crippen LogP contribution in [0.15, 0.2) is 0 Å². The normalized spacial score (nSPS) is 16.1. The molecular weight excluding hydrogens is 280 g/mol. The van der Waals surface area contributed by atoms with Crippen molar-refractivity contribution in [2.45, 2.75) is 129 Å². The summed E-state index contributed by atoms with van der Waals surface area (Å²) < 4.78 is 0. The summed E-state index contributed by atoms with van der Waals surface area (Å²) in [6, 6.07) is 0. The van der Waals surface area contributed by atoms with Gasteiger partial charge in [-0.15, -0.1) is 0 Å². The molecule has 1 aliphatic carbocycles. The summed E-state index contributed by atoms with van der Waals surface area (Å²) in [7, 11) is 0. The number of Topliss-reactive ketones (excluding diaryl/α,β-unsaturated/α-hetero) is 1. The van der Waals surface area contributed by atoms with Gasteiger partial charge in [0, 0.05) is 12.8 Å². The molecule has 0 atom stereocenters. The first kappa shape index (κ1) is 20.7. The van der Waals surface area contributed by atoms with E-state index in [-0.39, 0.29) is 0 Å². The van der Waals surface area contributed by atoms with E-state index in [4.69, 9.17) is 0 Å². The third-order valence-corrected chi connectivity index (χ3v) is 5.63. The maximum absolute atomic E-state index is 11.2. The van der Waals surface area contributed by atoms with E-state index in [2.05, 4.69) is 6.92 Å². The van der Waals surface area contributed by atoms with Crippen LogP contribution in [0.25, 0.3) is 0 Å². The summed E-state index contributed by atoms with van der Waals surface area (Å²) in [5.74, 6) is 1.37. The third-order valence-electron chi connectivity index (χ3n) is 5.63. The van der Waals surface area contributed by atoms with Crippen molar-refractivity contribution < 1.29 is 4.79 Å². The van der Waals surface area contributed by atoms with Gasteiger partial charge in [0.25, 0.3) is 0 Å². The Bertz CT molecular complexity index is 261. The molecule has 1 heteroatoms. The second kappa shape index (κ2) is 15.2. The van der Waals surface area contributed by atoms with Crippen molar-refractivity contribution in [3.05, 3.63) is 0 Å². The summed E-state index contributed by atoms with van der Waals surface area (Å²) in [6.45, 7) is 2.29. The molecule has 0 unspecified atom stereocenters. The maximum Gasteiger partial charge on any atom is 0.132 e. The first-order chi connectivity index (χ1) is 11.3. The summed E-state index contributed by atoms with van der Waals surface area (Å²) >= 11 is 0. The Labute approximate surface area is 146 Å². The van der Waals surface area contributed by atoms with Crippen LogP contribution in [0, 0.1) is 5.92 Å². The summed E-state index contributed by atoms with van der Waals surface area (Å²) in [4.78, 5) is 11.2. The quantitative estimate of drug-likeness (QED) is 0.283. The van der Waals surface area contributed by atoms with Gasteiger partial charge in [-0.05, 0) is 18.8 Å². The Morgan fingerprint density at radius 3 is 1.48 bits per heavy atom. The molecule has 0 saturated heterocycles. The van der Waals surface area contributed by atoms with Crippen LogP contribution in [-0.2, 0) is 4.79 Å². The van der Waals surface area contributed by atoms with Crippen LogP contribution >= 0.6 is 0 Å². The van der Waals surface area contributed by atoms with Crippen molar-refractivity contribution in [1.82, 2.24) is 0 Å². The van der Waals surface area contributed by atoms with E-state index < -0.39 is 0 Å². The van der Waals surface area contributed by atoms with Crippen LogP contribution in [0.2, 0.25) is 0 Å². The number of hydrogen-bond acceptors (Lipinski definition) is 1. The fraction of sp³-hybridized carbons (Fsp3) is 0.955. The van der Waals surface area contributed by atoms with Crippen molar-refractivity contribution in [1.29, 1.82) is 0 Å². The summed E-state index contributed by atoms with van der Waals surface area (Å²) in [5.41, 5.74) is 0. The Hall–Kier alpha value is -0.330. The lowest BCUT2D eigenvalue weighted by Gasteiger charge is -2.20. The van der Waals surface area contributed by atoms with Gasteiger partial charge in [0.2, 0.25) is 0 Å². The largest absolute Gasteiger partial charge is 0.300 e. The van der Waals surface area contributed by atoms with Crippen molar-refractivity contribution in [2.24, 2.45) is 5.92 Å². The highest BCUT2D eigenvalue weighted by Crippen LogP contribution is 2.26. The average Bonchev–Trinajstić information content (AvgIpc) is 2.57. The molecule has 1 fully saturated rings. The fourth-order valence-electron chi connectivity index (χ4n) is 3.92. The molecule has 23 heavy (non-hydrogen) atoms. The Morgan fingerprint density at radius 1 is 0.652 bits per heavy atom. The van der Waals surface area contributed by atoms with E-state index in [9.17, 15) is 4.79 Å². The molecule has 1 nitrogen and oxygen atoms in total. The first-order valence-electron chi connectivity index (χ1n) is 10.8. The number of ketones is 1. The monoisotopic (exact) mass is 322 g/mol. The van der Waals surface area contributed by atoms with Crippen molar-refractivity contribution in [2.75, 3.05) is 0 Å². The molecule has 0 aromatic carbocycles. The van der Waals surface area contributed by atoms with Crippen LogP contribution < -0.4 is 0 Å². The van der Waals surface area contributed by atoms with Gasteiger partial charge in [-0.2, -0.15) is 0 Å². The Balaban J connectivity index is 1.71. The highest BCUT2D eigenvalue weighted by atomic mass is 16.1. The number of carbonyl (C=O) groups excluding carboxylic acids is 1. The molecule has 0 aromatic rings. The predicted octanol–water partition coefficient (Wildman–Crippen LogP) is 7.62. The van der Waals surface area contributed by atoms with Crippen LogP contribution in [0.5, 0.6) is 0 Å². The number of carbonyl (C=O) groups is 1. The molecule has 0 radical (unpaired) electrons. The molecule has 0 aliphatic heterocycles. The molecule has 0 aromatic heterocycles. The zero-order valence-electron chi connectivity index (χ0n) is 15.9. The van der Waals surface area contributed by atoms with Crippen LogP contribution in [0.1, 0.15) is 129 Å². The smallest absolute Gasteiger partial charge is 0.132 e. The highest BCUT2D eigenvalue weighted by Gasteiger charge is 2.17. The molecule has 1 aliphatic rings. The second-order valence-electron chi connectivity index (χ2n) is 7.87. The van der Waals surface area contributed by atoms with E-state index in [1.165, 1.54) is 109 Å². The second-order valence-corrected chi connectivity index (χ2v) is 7.87. The van der Waals surface area contributed by atoms with Crippen LogP contribution in [-0.4, -0.2) is 5.78 Å². The SMILES string of the molecule is CCCCCCCCCCCCCCCCC1CCC(=O)CC1. The van der Waals surface area contributed by atoms with Gasteiger partial charge in [-0.25, -0.2) is 0 Å². The van der Waals surface area contributed by atoms with Crippen LogP contribution in [0.4, 0.5) is 0 Å². The van der Waals surface area contributed by atoms with Crippen molar-refractivity contribution >= 4 is 5.78 Å². The Kier molecular flexibility index (Phi) is 13.7. The molecule has 0 amide bonds. The minimum Gasteiger partial charge on any atom is -0.300 e. The van der Waals surface area contributed by atoms with E-state index >= 15 is 0 Å². The topological polar surface area (TPSA) is 17.1 Å². The van der Waals surface area contributed by atoms with E-state index in [0.29, 0.717) is 5.78 Å². The molecule has 0 bridgehead atoms. The van der Waals surface area contributed by atoms with E-state index in [1.54, 1.807) is 0 Å². The zero-order chi connectivity index (χ0) is 16.6. The lowest BCUT2D eigenvalue weighted by atomic mass is 9.85. The van der Waals surface area contributed by atoms with Crippen molar-refractivity contribution in [3.8, 4) is 0 Å². The van der Waals surface area contributed by atoms with Gasteiger partial charge in [0.1, 0.15) is 5.78 Å². The Morgan fingerprint density at radius 2 is 1.04 bits per heavy atom. The average molecular weight is 323 g/mol. The number of hydrogen-bond donors (Lipinski definition) is 0. The standard InChI is InChI=1S/C22H42O/c1-2-3-4-5-6-7-8-9-10-11-12-13-14-15-16-21-17-19-22(23)20-18-21/h21H,2-20H2,1H3. The van der Waals surface area contributed by atoms with Crippen molar-refractivity contribution in [3.63, 3.8) is 0 Å². The predicted molar refractivity (Wildman–Crippen MR) is 102 cm³/mol. The first-order valence-corrected chi connectivity index (χ1v) is 10.8. The molecule has 136 valence electrons. The van der Waals surface area contributed by atoms with Gasteiger partial charge in [-0.3, -0.25) is 4.79 Å². The number of unbranched alkanes of at least 4 members (excludes halogenated alkanes) is 13. The molecule has 1 rings (SSSR count). The number of rotatable bonds is 15. The minimum atomic E-state index is 0.502. The maximum atomic E-state index is 11.2. The summed E-state index contributed by atoms with van der Waals surface area (Å²) in [5, 5.41) is 0. The molecule has 0 N–H and O–H groups in total.